The number of benzene rings is 1. The molecule has 0 unspecified atom stereocenters. The van der Waals surface area contributed by atoms with Crippen molar-refractivity contribution in [3.63, 3.8) is 0 Å². The van der Waals surface area contributed by atoms with Crippen LogP contribution in [0.2, 0.25) is 0 Å². The highest BCUT2D eigenvalue weighted by Gasteiger charge is 2.38. The van der Waals surface area contributed by atoms with Gasteiger partial charge in [-0.1, -0.05) is 67.8 Å². The number of amides is 1. The number of likely N-dealkylation sites (tertiary alicyclic amines) is 1. The molecule has 2 aliphatic rings. The normalized spacial score (nSPS) is 19.3. The Bertz CT molecular complexity index is 841. The Kier molecular flexibility index (Phi) is 7.67. The van der Waals surface area contributed by atoms with Gasteiger partial charge in [-0.2, -0.15) is 0 Å². The van der Waals surface area contributed by atoms with Crippen molar-refractivity contribution < 1.29 is 4.79 Å². The Labute approximate surface area is 190 Å². The third-order valence-electron chi connectivity index (χ3n) is 6.84. The van der Waals surface area contributed by atoms with Crippen LogP contribution in [-0.4, -0.2) is 56.5 Å². The van der Waals surface area contributed by atoms with Crippen molar-refractivity contribution in [2.24, 2.45) is 0 Å². The summed E-state index contributed by atoms with van der Waals surface area (Å²) in [4.78, 5) is 15.4. The first-order chi connectivity index (χ1) is 15.2. The maximum atomic E-state index is 12.8. The number of piperidine rings is 1. The zero-order chi connectivity index (χ0) is 21.5. The van der Waals surface area contributed by atoms with E-state index in [2.05, 4.69) is 37.1 Å². The van der Waals surface area contributed by atoms with Gasteiger partial charge in [-0.25, -0.2) is 0 Å². The molecule has 4 rings (SSSR count). The zero-order valence-electron chi connectivity index (χ0n) is 18.7. The number of thioether (sulfide) groups is 1. The standard InChI is InChI=1S/C24H35N5OS/c1-20-26-27-23(29(20)17-21-11-5-2-6-12-21)31-18-22(30)25-19-24(13-7-3-8-14-24)28-15-9-4-10-16-28/h2,5-6,11-12H,3-4,7-10,13-19H2,1H3,(H,25,30). The van der Waals surface area contributed by atoms with Crippen molar-refractivity contribution in [3.05, 3.63) is 41.7 Å². The van der Waals surface area contributed by atoms with Gasteiger partial charge in [0.15, 0.2) is 5.16 Å². The van der Waals surface area contributed by atoms with Gasteiger partial charge < -0.3 is 9.88 Å². The predicted octanol–water partition coefficient (Wildman–Crippen LogP) is 4.03. The van der Waals surface area contributed by atoms with E-state index in [1.807, 2.05) is 25.1 Å². The molecule has 0 spiro atoms. The summed E-state index contributed by atoms with van der Waals surface area (Å²) in [6.07, 6.45) is 10.3. The van der Waals surface area contributed by atoms with Gasteiger partial charge in [-0.3, -0.25) is 9.69 Å². The van der Waals surface area contributed by atoms with Crippen molar-refractivity contribution >= 4 is 17.7 Å². The first-order valence-corrected chi connectivity index (χ1v) is 12.7. The molecule has 1 saturated carbocycles. The number of aromatic nitrogens is 3. The van der Waals surface area contributed by atoms with Gasteiger partial charge in [0, 0.05) is 12.1 Å². The van der Waals surface area contributed by atoms with Gasteiger partial charge in [0.05, 0.1) is 12.3 Å². The Morgan fingerprint density at radius 2 is 1.74 bits per heavy atom. The summed E-state index contributed by atoms with van der Waals surface area (Å²) in [5.41, 5.74) is 1.38. The average molecular weight is 442 g/mol. The van der Waals surface area contributed by atoms with Crippen LogP contribution in [0.25, 0.3) is 0 Å². The van der Waals surface area contributed by atoms with Crippen molar-refractivity contribution in [1.82, 2.24) is 25.0 Å². The molecule has 1 aromatic carbocycles. The Morgan fingerprint density at radius 1 is 1.03 bits per heavy atom. The fourth-order valence-electron chi connectivity index (χ4n) is 5.04. The fourth-order valence-corrected chi connectivity index (χ4v) is 5.86. The minimum absolute atomic E-state index is 0.0962. The largest absolute Gasteiger partial charge is 0.354 e. The quantitative estimate of drug-likeness (QED) is 0.627. The van der Waals surface area contributed by atoms with Crippen molar-refractivity contribution in [2.45, 2.75) is 75.5 Å². The van der Waals surface area contributed by atoms with Crippen LogP contribution in [0.3, 0.4) is 0 Å². The SMILES string of the molecule is Cc1nnc(SCC(=O)NCC2(N3CCCCC3)CCCCC2)n1Cc1ccccc1. The molecule has 31 heavy (non-hydrogen) atoms. The minimum atomic E-state index is 0.0962. The summed E-state index contributed by atoms with van der Waals surface area (Å²) >= 11 is 1.48. The first-order valence-electron chi connectivity index (χ1n) is 11.7. The monoisotopic (exact) mass is 441 g/mol. The topological polar surface area (TPSA) is 63.1 Å². The second-order valence-electron chi connectivity index (χ2n) is 9.00. The highest BCUT2D eigenvalue weighted by molar-refractivity contribution is 7.99. The van der Waals surface area contributed by atoms with E-state index in [0.717, 1.165) is 24.1 Å². The fraction of sp³-hybridized carbons (Fsp3) is 0.625. The second-order valence-corrected chi connectivity index (χ2v) is 9.94. The lowest BCUT2D eigenvalue weighted by atomic mass is 9.79. The molecule has 2 heterocycles. The van der Waals surface area contributed by atoms with E-state index >= 15 is 0 Å². The minimum Gasteiger partial charge on any atom is -0.354 e. The number of carbonyl (C=O) groups excluding carboxylic acids is 1. The molecule has 0 bridgehead atoms. The molecule has 1 saturated heterocycles. The second kappa shape index (κ2) is 10.6. The molecule has 1 N–H and O–H groups in total. The lowest BCUT2D eigenvalue weighted by molar-refractivity contribution is -0.119. The summed E-state index contributed by atoms with van der Waals surface area (Å²) in [7, 11) is 0. The highest BCUT2D eigenvalue weighted by atomic mass is 32.2. The van der Waals surface area contributed by atoms with E-state index < -0.39 is 0 Å². The third kappa shape index (κ3) is 5.69. The summed E-state index contributed by atoms with van der Waals surface area (Å²) in [6.45, 7) is 5.84. The predicted molar refractivity (Wildman–Crippen MR) is 125 cm³/mol. The van der Waals surface area contributed by atoms with Gasteiger partial charge in [-0.15, -0.1) is 10.2 Å². The third-order valence-corrected chi connectivity index (χ3v) is 7.81. The number of hydrogen-bond acceptors (Lipinski definition) is 5. The van der Waals surface area contributed by atoms with E-state index in [-0.39, 0.29) is 11.4 Å². The number of nitrogens with one attached hydrogen (secondary N) is 1. The van der Waals surface area contributed by atoms with Crippen LogP contribution in [0.1, 0.15) is 62.8 Å². The van der Waals surface area contributed by atoms with Gasteiger partial charge in [0.25, 0.3) is 0 Å². The molecular weight excluding hydrogens is 406 g/mol. The molecule has 2 fully saturated rings. The van der Waals surface area contributed by atoms with Crippen molar-refractivity contribution in [2.75, 3.05) is 25.4 Å². The van der Waals surface area contributed by atoms with Crippen LogP contribution < -0.4 is 5.32 Å². The van der Waals surface area contributed by atoms with Gasteiger partial charge in [0.1, 0.15) is 5.82 Å². The van der Waals surface area contributed by atoms with Crippen LogP contribution >= 0.6 is 11.8 Å². The molecule has 6 nitrogen and oxygen atoms in total. The number of hydrogen-bond donors (Lipinski definition) is 1. The number of rotatable bonds is 8. The molecule has 1 aliphatic heterocycles. The number of aryl methyl sites for hydroxylation is 1. The first kappa shape index (κ1) is 22.3. The molecule has 168 valence electrons. The molecule has 1 aromatic heterocycles. The molecule has 1 amide bonds. The van der Waals surface area contributed by atoms with E-state index in [0.29, 0.717) is 5.75 Å². The summed E-state index contributed by atoms with van der Waals surface area (Å²) in [5.74, 6) is 1.35. The van der Waals surface area contributed by atoms with Crippen LogP contribution in [0.15, 0.2) is 35.5 Å². The van der Waals surface area contributed by atoms with Gasteiger partial charge >= 0.3 is 0 Å². The Hall–Kier alpha value is -1.86. The van der Waals surface area contributed by atoms with E-state index in [4.69, 9.17) is 0 Å². The molecular formula is C24H35N5OS. The molecule has 2 aromatic rings. The van der Waals surface area contributed by atoms with Crippen molar-refractivity contribution in [3.8, 4) is 0 Å². The Morgan fingerprint density at radius 3 is 2.48 bits per heavy atom. The Balaban J connectivity index is 1.33. The molecule has 0 atom stereocenters. The number of carbonyl (C=O) groups is 1. The van der Waals surface area contributed by atoms with Crippen LogP contribution in [-0.2, 0) is 11.3 Å². The van der Waals surface area contributed by atoms with Gasteiger partial charge in [-0.05, 0) is 51.3 Å². The molecule has 1 aliphatic carbocycles. The van der Waals surface area contributed by atoms with Gasteiger partial charge in [0.2, 0.25) is 5.91 Å². The van der Waals surface area contributed by atoms with Crippen molar-refractivity contribution in [1.29, 1.82) is 0 Å². The summed E-state index contributed by atoms with van der Waals surface area (Å²) in [5, 5.41) is 12.6. The summed E-state index contributed by atoms with van der Waals surface area (Å²) in [6, 6.07) is 10.3. The van der Waals surface area contributed by atoms with Crippen LogP contribution in [0, 0.1) is 6.92 Å². The average Bonchev–Trinajstić information content (AvgIpc) is 3.17. The maximum Gasteiger partial charge on any atom is 0.230 e. The smallest absolute Gasteiger partial charge is 0.230 e. The van der Waals surface area contributed by atoms with E-state index in [1.165, 1.54) is 81.8 Å². The zero-order valence-corrected chi connectivity index (χ0v) is 19.5. The highest BCUT2D eigenvalue weighted by Crippen LogP contribution is 2.35. The van der Waals surface area contributed by atoms with E-state index in [1.54, 1.807) is 0 Å². The van der Waals surface area contributed by atoms with Crippen LogP contribution in [0.4, 0.5) is 0 Å². The maximum absolute atomic E-state index is 12.8. The van der Waals surface area contributed by atoms with E-state index in [9.17, 15) is 4.79 Å². The van der Waals surface area contributed by atoms with Crippen LogP contribution in [0.5, 0.6) is 0 Å². The summed E-state index contributed by atoms with van der Waals surface area (Å²) < 4.78 is 2.09. The lowest BCUT2D eigenvalue weighted by Crippen LogP contribution is -2.58. The lowest BCUT2D eigenvalue weighted by Gasteiger charge is -2.48. The number of nitrogens with zero attached hydrogens (tertiary/aromatic N) is 4. The molecule has 7 heteroatoms. The molecule has 0 radical (unpaired) electrons.